The molecular formula is C21H19N5O2. The number of piperazine rings is 1. The molecule has 1 saturated heterocycles. The molecule has 3 aromatic rings. The normalized spacial score (nSPS) is 14.1. The van der Waals surface area contributed by atoms with Gasteiger partial charge in [0, 0.05) is 37.3 Å². The third kappa shape index (κ3) is 3.32. The lowest BCUT2D eigenvalue weighted by Crippen LogP contribution is -2.50. The minimum absolute atomic E-state index is 0.0484. The van der Waals surface area contributed by atoms with Crippen molar-refractivity contribution in [1.29, 1.82) is 5.26 Å². The molecule has 0 atom stereocenters. The second-order valence-electron chi connectivity index (χ2n) is 6.83. The summed E-state index contributed by atoms with van der Waals surface area (Å²) in [4.78, 5) is 36.5. The molecule has 1 aromatic heterocycles. The second-order valence-corrected chi connectivity index (χ2v) is 6.83. The molecule has 2 amide bonds. The Kier molecular flexibility index (Phi) is 4.53. The van der Waals surface area contributed by atoms with Crippen LogP contribution in [-0.4, -0.2) is 57.8 Å². The Morgan fingerprint density at radius 2 is 1.64 bits per heavy atom. The number of nitrogens with one attached hydrogen (secondary N) is 1. The molecule has 28 heavy (non-hydrogen) atoms. The monoisotopic (exact) mass is 373 g/mol. The Hall–Kier alpha value is -3.66. The number of amides is 2. The maximum absolute atomic E-state index is 12.8. The number of carbonyl (C=O) groups is 2. The lowest BCUT2D eigenvalue weighted by molar-refractivity contribution is 0.0535. The standard InChI is InChI=1S/C21H19N5O2/c1-14-23-18-6-5-17(12-19(18)24-14)21(28)26-9-7-25(8-10-26)20(27)16-4-2-3-15(11-16)13-22/h2-6,11-12H,7-10H2,1H3,(H,23,24). The van der Waals surface area contributed by atoms with Crippen LogP contribution in [0.25, 0.3) is 11.0 Å². The van der Waals surface area contributed by atoms with Crippen molar-refractivity contribution in [2.75, 3.05) is 26.2 Å². The molecule has 7 nitrogen and oxygen atoms in total. The van der Waals surface area contributed by atoms with Crippen molar-refractivity contribution in [2.24, 2.45) is 0 Å². The summed E-state index contributed by atoms with van der Waals surface area (Å²) in [6, 6.07) is 14.2. The molecule has 7 heteroatoms. The van der Waals surface area contributed by atoms with Crippen LogP contribution in [0.4, 0.5) is 0 Å². The molecule has 1 aliphatic heterocycles. The summed E-state index contributed by atoms with van der Waals surface area (Å²) in [5.74, 6) is 0.651. The van der Waals surface area contributed by atoms with Crippen LogP contribution in [0.15, 0.2) is 42.5 Å². The van der Waals surface area contributed by atoms with Crippen LogP contribution < -0.4 is 0 Å². The highest BCUT2D eigenvalue weighted by atomic mass is 16.2. The van der Waals surface area contributed by atoms with Crippen LogP contribution in [0.5, 0.6) is 0 Å². The zero-order chi connectivity index (χ0) is 19.7. The number of hydrogen-bond acceptors (Lipinski definition) is 4. The van der Waals surface area contributed by atoms with Gasteiger partial charge in [-0.15, -0.1) is 0 Å². The van der Waals surface area contributed by atoms with Crippen LogP contribution >= 0.6 is 0 Å². The molecular weight excluding hydrogens is 354 g/mol. The number of fused-ring (bicyclic) bond motifs is 1. The van der Waals surface area contributed by atoms with E-state index < -0.39 is 0 Å². The summed E-state index contributed by atoms with van der Waals surface area (Å²) >= 11 is 0. The van der Waals surface area contributed by atoms with E-state index in [9.17, 15) is 9.59 Å². The quantitative estimate of drug-likeness (QED) is 0.746. The van der Waals surface area contributed by atoms with E-state index in [0.717, 1.165) is 16.9 Å². The molecule has 0 aliphatic carbocycles. The smallest absolute Gasteiger partial charge is 0.254 e. The first-order chi connectivity index (χ1) is 13.5. The van der Waals surface area contributed by atoms with Gasteiger partial charge in [-0.25, -0.2) is 4.98 Å². The molecule has 0 spiro atoms. The van der Waals surface area contributed by atoms with Gasteiger partial charge >= 0.3 is 0 Å². The first kappa shape index (κ1) is 17.7. The highest BCUT2D eigenvalue weighted by Gasteiger charge is 2.25. The fourth-order valence-corrected chi connectivity index (χ4v) is 3.47. The van der Waals surface area contributed by atoms with E-state index in [1.807, 2.05) is 25.1 Å². The average Bonchev–Trinajstić information content (AvgIpc) is 3.12. The fourth-order valence-electron chi connectivity index (χ4n) is 3.47. The van der Waals surface area contributed by atoms with Gasteiger partial charge in [-0.3, -0.25) is 9.59 Å². The first-order valence-corrected chi connectivity index (χ1v) is 9.10. The molecule has 140 valence electrons. The number of nitrogens with zero attached hydrogens (tertiary/aromatic N) is 4. The van der Waals surface area contributed by atoms with E-state index in [1.54, 1.807) is 40.1 Å². The van der Waals surface area contributed by atoms with Crippen molar-refractivity contribution in [1.82, 2.24) is 19.8 Å². The number of nitriles is 1. The number of aromatic nitrogens is 2. The van der Waals surface area contributed by atoms with E-state index in [1.165, 1.54) is 0 Å². The maximum atomic E-state index is 12.8. The Morgan fingerprint density at radius 3 is 2.29 bits per heavy atom. The van der Waals surface area contributed by atoms with E-state index in [0.29, 0.717) is 42.9 Å². The highest BCUT2D eigenvalue weighted by Crippen LogP contribution is 2.17. The summed E-state index contributed by atoms with van der Waals surface area (Å²) in [7, 11) is 0. The molecule has 0 bridgehead atoms. The maximum Gasteiger partial charge on any atom is 0.254 e. The van der Waals surface area contributed by atoms with Gasteiger partial charge in [0.05, 0.1) is 22.7 Å². The number of aromatic amines is 1. The molecule has 1 aliphatic rings. The van der Waals surface area contributed by atoms with Gasteiger partial charge in [0.1, 0.15) is 5.82 Å². The van der Waals surface area contributed by atoms with Gasteiger partial charge in [-0.1, -0.05) is 6.07 Å². The van der Waals surface area contributed by atoms with Gasteiger partial charge < -0.3 is 14.8 Å². The number of carbonyl (C=O) groups excluding carboxylic acids is 2. The summed E-state index contributed by atoms with van der Waals surface area (Å²) in [5, 5.41) is 9.00. The van der Waals surface area contributed by atoms with Gasteiger partial charge in [-0.2, -0.15) is 5.26 Å². The van der Waals surface area contributed by atoms with E-state index in [2.05, 4.69) is 9.97 Å². The molecule has 2 heterocycles. The number of imidazole rings is 1. The van der Waals surface area contributed by atoms with E-state index in [4.69, 9.17) is 5.26 Å². The number of rotatable bonds is 2. The lowest BCUT2D eigenvalue weighted by atomic mass is 10.1. The average molecular weight is 373 g/mol. The van der Waals surface area contributed by atoms with Crippen molar-refractivity contribution in [3.63, 3.8) is 0 Å². The number of aryl methyl sites for hydroxylation is 1. The van der Waals surface area contributed by atoms with Crippen molar-refractivity contribution in [3.05, 3.63) is 65.0 Å². The van der Waals surface area contributed by atoms with E-state index >= 15 is 0 Å². The van der Waals surface area contributed by atoms with E-state index in [-0.39, 0.29) is 11.8 Å². The third-order valence-electron chi connectivity index (χ3n) is 4.94. The molecule has 0 saturated carbocycles. The van der Waals surface area contributed by atoms with Gasteiger partial charge in [-0.05, 0) is 43.3 Å². The molecule has 1 N–H and O–H groups in total. The van der Waals surface area contributed by atoms with Crippen molar-refractivity contribution in [3.8, 4) is 6.07 Å². The van der Waals surface area contributed by atoms with Crippen LogP contribution in [0.2, 0.25) is 0 Å². The highest BCUT2D eigenvalue weighted by molar-refractivity contribution is 5.98. The number of H-pyrrole nitrogens is 1. The first-order valence-electron chi connectivity index (χ1n) is 9.10. The molecule has 4 rings (SSSR count). The Bertz CT molecular complexity index is 1100. The minimum atomic E-state index is -0.112. The van der Waals surface area contributed by atoms with Gasteiger partial charge in [0.15, 0.2) is 0 Å². The SMILES string of the molecule is Cc1nc2ccc(C(=O)N3CCN(C(=O)c4cccc(C#N)c4)CC3)cc2[nH]1. The Morgan fingerprint density at radius 1 is 1.00 bits per heavy atom. The predicted molar refractivity (Wildman–Crippen MR) is 104 cm³/mol. The van der Waals surface area contributed by atoms with Crippen LogP contribution in [0, 0.1) is 18.3 Å². The van der Waals surface area contributed by atoms with Crippen molar-refractivity contribution < 1.29 is 9.59 Å². The molecule has 0 radical (unpaired) electrons. The number of hydrogen-bond donors (Lipinski definition) is 1. The summed E-state index contributed by atoms with van der Waals surface area (Å²) in [5.41, 5.74) is 3.25. The third-order valence-corrected chi connectivity index (χ3v) is 4.94. The van der Waals surface area contributed by atoms with Crippen molar-refractivity contribution >= 4 is 22.8 Å². The Balaban J connectivity index is 1.43. The fraction of sp³-hybridized carbons (Fsp3) is 0.238. The van der Waals surface area contributed by atoms with Gasteiger partial charge in [0.25, 0.3) is 11.8 Å². The molecule has 0 unspecified atom stereocenters. The summed E-state index contributed by atoms with van der Waals surface area (Å²) in [6.07, 6.45) is 0. The summed E-state index contributed by atoms with van der Waals surface area (Å²) in [6.45, 7) is 3.76. The Labute approximate surface area is 162 Å². The largest absolute Gasteiger partial charge is 0.342 e. The lowest BCUT2D eigenvalue weighted by Gasteiger charge is -2.35. The van der Waals surface area contributed by atoms with Crippen LogP contribution in [-0.2, 0) is 0 Å². The van der Waals surface area contributed by atoms with Crippen molar-refractivity contribution in [2.45, 2.75) is 6.92 Å². The minimum Gasteiger partial charge on any atom is -0.342 e. The van der Waals surface area contributed by atoms with Crippen LogP contribution in [0.1, 0.15) is 32.1 Å². The zero-order valence-electron chi connectivity index (χ0n) is 15.5. The topological polar surface area (TPSA) is 93.1 Å². The second kappa shape index (κ2) is 7.16. The predicted octanol–water partition coefficient (Wildman–Crippen LogP) is 2.34. The van der Waals surface area contributed by atoms with Gasteiger partial charge in [0.2, 0.25) is 0 Å². The van der Waals surface area contributed by atoms with Crippen LogP contribution in [0.3, 0.4) is 0 Å². The summed E-state index contributed by atoms with van der Waals surface area (Å²) < 4.78 is 0. The number of benzene rings is 2. The zero-order valence-corrected chi connectivity index (χ0v) is 15.5. The molecule has 1 fully saturated rings. The molecule has 2 aromatic carbocycles.